The smallest absolute Gasteiger partial charge is 0.136 e. The highest BCUT2D eigenvalue weighted by Gasteiger charge is 2.04. The number of rotatable bonds is 1. The molecule has 0 saturated carbocycles. The zero-order valence-electron chi connectivity index (χ0n) is 8.84. The number of hydrogen-bond acceptors (Lipinski definition) is 3. The molecule has 2 aromatic carbocycles. The fraction of sp³-hybridized carbons (Fsp3) is 0. The van der Waals surface area contributed by atoms with E-state index in [1.54, 1.807) is 5.37 Å². The van der Waals surface area contributed by atoms with Crippen molar-refractivity contribution in [2.24, 2.45) is 0 Å². The Morgan fingerprint density at radius 3 is 2.53 bits per heavy atom. The highest BCUT2D eigenvalue weighted by Crippen LogP contribution is 2.25. The summed E-state index contributed by atoms with van der Waals surface area (Å²) in [5.74, 6) is 0. The standard InChI is InChI=1S/C14H8OS2/c16-8-9-5-6-13-11(7-9)14(17)10-3-1-2-4-12(10)15-13/h1-8H. The SMILES string of the molecule is S=Cc1ccc2oc3ccccc3c(=S)c2c1. The quantitative estimate of drug-likeness (QED) is 0.464. The average molecular weight is 256 g/mol. The molecule has 1 aromatic heterocycles. The van der Waals surface area contributed by atoms with Crippen LogP contribution in [0.3, 0.4) is 0 Å². The Balaban J connectivity index is 2.55. The number of fused-ring (bicyclic) bond motifs is 2. The minimum Gasteiger partial charge on any atom is -0.456 e. The lowest BCUT2D eigenvalue weighted by atomic mass is 10.1. The molecule has 0 spiro atoms. The average Bonchev–Trinajstić information content (AvgIpc) is 2.39. The van der Waals surface area contributed by atoms with Gasteiger partial charge in [0.2, 0.25) is 0 Å². The molecule has 0 saturated heterocycles. The van der Waals surface area contributed by atoms with E-state index < -0.39 is 0 Å². The fourth-order valence-electron chi connectivity index (χ4n) is 1.89. The summed E-state index contributed by atoms with van der Waals surface area (Å²) in [6.07, 6.45) is 0. The van der Waals surface area contributed by atoms with E-state index >= 15 is 0 Å². The largest absolute Gasteiger partial charge is 0.456 e. The van der Waals surface area contributed by atoms with E-state index in [2.05, 4.69) is 0 Å². The Morgan fingerprint density at radius 2 is 1.71 bits per heavy atom. The Bertz CT molecular complexity index is 787. The number of thiocarbonyl (C=S) groups is 1. The third-order valence-corrected chi connectivity index (χ3v) is 3.45. The topological polar surface area (TPSA) is 13.1 Å². The Hall–Kier alpha value is -1.58. The lowest BCUT2D eigenvalue weighted by Crippen LogP contribution is -1.82. The summed E-state index contributed by atoms with van der Waals surface area (Å²) in [4.78, 5) is 0. The molecule has 0 fully saturated rings. The normalized spacial score (nSPS) is 10.8. The first kappa shape index (κ1) is 10.6. The molecule has 82 valence electrons. The minimum atomic E-state index is 0.800. The molecule has 1 nitrogen and oxygen atoms in total. The van der Waals surface area contributed by atoms with E-state index in [1.165, 1.54) is 0 Å². The van der Waals surface area contributed by atoms with Crippen molar-refractivity contribution < 1.29 is 4.42 Å². The second-order valence-corrected chi connectivity index (χ2v) is 4.44. The monoisotopic (exact) mass is 256 g/mol. The van der Waals surface area contributed by atoms with Crippen LogP contribution in [0, 0.1) is 4.51 Å². The lowest BCUT2D eigenvalue weighted by Gasteiger charge is -2.03. The maximum absolute atomic E-state index is 5.81. The summed E-state index contributed by atoms with van der Waals surface area (Å²) in [5.41, 5.74) is 2.60. The first-order chi connectivity index (χ1) is 8.29. The molecule has 0 unspecified atom stereocenters. The predicted molar refractivity (Wildman–Crippen MR) is 77.3 cm³/mol. The van der Waals surface area contributed by atoms with E-state index in [9.17, 15) is 0 Å². The minimum absolute atomic E-state index is 0.800. The van der Waals surface area contributed by atoms with Crippen LogP contribution in [0.2, 0.25) is 0 Å². The van der Waals surface area contributed by atoms with Crippen molar-refractivity contribution in [1.82, 2.24) is 0 Å². The summed E-state index contributed by atoms with van der Waals surface area (Å²) >= 11 is 10.4. The van der Waals surface area contributed by atoms with Crippen molar-refractivity contribution in [3.8, 4) is 0 Å². The number of benzene rings is 2. The third-order valence-electron chi connectivity index (χ3n) is 2.74. The van der Waals surface area contributed by atoms with Crippen LogP contribution in [-0.2, 0) is 0 Å². The van der Waals surface area contributed by atoms with Crippen LogP contribution in [0.5, 0.6) is 0 Å². The van der Waals surface area contributed by atoms with E-state index in [-0.39, 0.29) is 0 Å². The zero-order chi connectivity index (χ0) is 11.8. The van der Waals surface area contributed by atoms with E-state index in [1.807, 2.05) is 42.5 Å². The molecule has 0 bridgehead atoms. The summed E-state index contributed by atoms with van der Waals surface area (Å²) < 4.78 is 6.63. The van der Waals surface area contributed by atoms with E-state index in [4.69, 9.17) is 28.9 Å². The van der Waals surface area contributed by atoms with E-state index in [0.717, 1.165) is 32.0 Å². The van der Waals surface area contributed by atoms with Crippen molar-refractivity contribution in [2.45, 2.75) is 0 Å². The van der Waals surface area contributed by atoms with Crippen LogP contribution in [0.25, 0.3) is 21.9 Å². The van der Waals surface area contributed by atoms with Gasteiger partial charge in [0.1, 0.15) is 11.2 Å². The summed E-state index contributed by atoms with van der Waals surface area (Å²) in [6.45, 7) is 0. The molecule has 0 aliphatic carbocycles. The number of para-hydroxylation sites is 1. The third kappa shape index (κ3) is 1.68. The van der Waals surface area contributed by atoms with Gasteiger partial charge in [-0.3, -0.25) is 0 Å². The highest BCUT2D eigenvalue weighted by molar-refractivity contribution is 7.79. The van der Waals surface area contributed by atoms with Gasteiger partial charge in [0, 0.05) is 16.1 Å². The van der Waals surface area contributed by atoms with Crippen molar-refractivity contribution in [1.29, 1.82) is 0 Å². The highest BCUT2D eigenvalue weighted by atomic mass is 32.1. The maximum atomic E-state index is 5.81. The van der Waals surface area contributed by atoms with Crippen LogP contribution in [0.4, 0.5) is 0 Å². The van der Waals surface area contributed by atoms with Gasteiger partial charge in [-0.25, -0.2) is 0 Å². The van der Waals surface area contributed by atoms with Gasteiger partial charge in [-0.15, -0.1) is 0 Å². The van der Waals surface area contributed by atoms with Crippen molar-refractivity contribution in [2.75, 3.05) is 0 Å². The van der Waals surface area contributed by atoms with Crippen molar-refractivity contribution in [3.63, 3.8) is 0 Å². The van der Waals surface area contributed by atoms with Crippen molar-refractivity contribution in [3.05, 3.63) is 52.5 Å². The molecule has 0 atom stereocenters. The van der Waals surface area contributed by atoms with Crippen molar-refractivity contribution >= 4 is 51.7 Å². The first-order valence-corrected chi connectivity index (χ1v) is 6.08. The molecule has 3 heteroatoms. The van der Waals surface area contributed by atoms with Gasteiger partial charge in [0.15, 0.2) is 0 Å². The second-order valence-electron chi connectivity index (χ2n) is 3.80. The van der Waals surface area contributed by atoms with Gasteiger partial charge in [0.25, 0.3) is 0 Å². The first-order valence-electron chi connectivity index (χ1n) is 5.20. The van der Waals surface area contributed by atoms with Gasteiger partial charge < -0.3 is 4.42 Å². The Morgan fingerprint density at radius 1 is 0.941 bits per heavy atom. The van der Waals surface area contributed by atoms with Crippen LogP contribution >= 0.6 is 24.4 Å². The maximum Gasteiger partial charge on any atom is 0.136 e. The molecule has 0 aliphatic heterocycles. The Kier molecular flexibility index (Phi) is 2.50. The summed E-state index contributed by atoms with van der Waals surface area (Å²) in [7, 11) is 0. The summed E-state index contributed by atoms with van der Waals surface area (Å²) in [6, 6.07) is 13.6. The van der Waals surface area contributed by atoms with Crippen LogP contribution < -0.4 is 0 Å². The second kappa shape index (κ2) is 4.02. The molecular weight excluding hydrogens is 248 g/mol. The fourth-order valence-corrected chi connectivity index (χ4v) is 2.37. The molecule has 0 amide bonds. The van der Waals surface area contributed by atoms with Crippen LogP contribution in [-0.4, -0.2) is 5.37 Å². The van der Waals surface area contributed by atoms with Gasteiger partial charge in [-0.2, -0.15) is 0 Å². The molecule has 17 heavy (non-hydrogen) atoms. The molecule has 3 rings (SSSR count). The van der Waals surface area contributed by atoms with Gasteiger partial charge in [-0.1, -0.05) is 42.6 Å². The lowest BCUT2D eigenvalue weighted by molar-refractivity contribution is 0.660. The summed E-state index contributed by atoms with van der Waals surface area (Å²) in [5, 5.41) is 3.55. The van der Waals surface area contributed by atoms with E-state index in [0.29, 0.717) is 0 Å². The van der Waals surface area contributed by atoms with Crippen LogP contribution in [0.1, 0.15) is 5.56 Å². The molecule has 0 N–H and O–H groups in total. The predicted octanol–water partition coefficient (Wildman–Crippen LogP) is 4.66. The van der Waals surface area contributed by atoms with Gasteiger partial charge >= 0.3 is 0 Å². The number of hydrogen-bond donors (Lipinski definition) is 0. The Labute approximate surface area is 109 Å². The molecule has 0 aliphatic rings. The molecule has 1 heterocycles. The molecule has 3 aromatic rings. The van der Waals surface area contributed by atoms with Crippen LogP contribution in [0.15, 0.2) is 46.9 Å². The molecule has 0 radical (unpaired) electrons. The molecular formula is C14H8OS2. The zero-order valence-corrected chi connectivity index (χ0v) is 10.5. The van der Waals surface area contributed by atoms with Gasteiger partial charge in [-0.05, 0) is 29.8 Å². The van der Waals surface area contributed by atoms with Gasteiger partial charge in [0.05, 0.1) is 4.51 Å².